The van der Waals surface area contributed by atoms with Crippen molar-refractivity contribution in [2.24, 2.45) is 0 Å². The first-order chi connectivity index (χ1) is 11.6. The minimum Gasteiger partial charge on any atom is -0.327 e. The van der Waals surface area contributed by atoms with Crippen LogP contribution in [0.1, 0.15) is 22.9 Å². The lowest BCUT2D eigenvalue weighted by Crippen LogP contribution is -2.38. The number of urea groups is 1. The van der Waals surface area contributed by atoms with Gasteiger partial charge in [-0.3, -0.25) is 5.32 Å². The minimum atomic E-state index is -0.369. The molecule has 1 unspecified atom stereocenters. The van der Waals surface area contributed by atoms with Crippen molar-refractivity contribution in [3.63, 3.8) is 0 Å². The highest BCUT2D eigenvalue weighted by molar-refractivity contribution is 5.93. The standard InChI is InChI=1S/C18H15FN4O/c1-11-15-16(12-7-9-13(19)10-8-12)20-18(24)21-17(15)23(22-11)14-5-3-2-4-6-14/h2-10,16H,1H3,(H2,20,21,24). The summed E-state index contributed by atoms with van der Waals surface area (Å²) in [5, 5.41) is 10.3. The number of hydrogen-bond donors (Lipinski definition) is 2. The van der Waals surface area contributed by atoms with E-state index in [1.807, 2.05) is 37.3 Å². The summed E-state index contributed by atoms with van der Waals surface area (Å²) in [6, 6.07) is 15.1. The Bertz CT molecular complexity index is 903. The largest absolute Gasteiger partial charge is 0.327 e. The molecule has 2 N–H and O–H groups in total. The quantitative estimate of drug-likeness (QED) is 0.758. The number of rotatable bonds is 2. The van der Waals surface area contributed by atoms with Gasteiger partial charge in [0.05, 0.1) is 17.4 Å². The molecule has 0 saturated heterocycles. The van der Waals surface area contributed by atoms with Gasteiger partial charge >= 0.3 is 6.03 Å². The SMILES string of the molecule is Cc1nn(-c2ccccc2)c2c1C(c1ccc(F)cc1)NC(=O)N2. The van der Waals surface area contributed by atoms with Gasteiger partial charge in [0.2, 0.25) is 0 Å². The average Bonchev–Trinajstić information content (AvgIpc) is 2.92. The number of aromatic nitrogens is 2. The number of halogens is 1. The first-order valence-corrected chi connectivity index (χ1v) is 7.61. The lowest BCUT2D eigenvalue weighted by molar-refractivity contribution is 0.249. The zero-order valence-corrected chi connectivity index (χ0v) is 13.0. The topological polar surface area (TPSA) is 59.0 Å². The van der Waals surface area contributed by atoms with Gasteiger partial charge in [-0.15, -0.1) is 0 Å². The number of fused-ring (bicyclic) bond motifs is 1. The maximum absolute atomic E-state index is 13.2. The summed E-state index contributed by atoms with van der Waals surface area (Å²) < 4.78 is 14.9. The molecule has 120 valence electrons. The molecule has 1 atom stereocenters. The molecule has 0 fully saturated rings. The van der Waals surface area contributed by atoms with E-state index in [9.17, 15) is 9.18 Å². The van der Waals surface area contributed by atoms with E-state index >= 15 is 0 Å². The van der Waals surface area contributed by atoms with Gasteiger partial charge in [-0.1, -0.05) is 30.3 Å². The zero-order chi connectivity index (χ0) is 16.7. The number of benzene rings is 2. The Morgan fingerprint density at radius 3 is 2.50 bits per heavy atom. The predicted molar refractivity (Wildman–Crippen MR) is 88.7 cm³/mol. The number of carbonyl (C=O) groups is 1. The molecule has 0 saturated carbocycles. The number of nitrogens with zero attached hydrogens (tertiary/aromatic N) is 2. The fourth-order valence-electron chi connectivity index (χ4n) is 3.01. The van der Waals surface area contributed by atoms with E-state index in [0.29, 0.717) is 5.82 Å². The molecular weight excluding hydrogens is 307 g/mol. The summed E-state index contributed by atoms with van der Waals surface area (Å²) in [7, 11) is 0. The van der Waals surface area contributed by atoms with Crippen LogP contribution in [0.25, 0.3) is 5.69 Å². The number of aryl methyl sites for hydroxylation is 1. The van der Waals surface area contributed by atoms with Crippen LogP contribution in [-0.4, -0.2) is 15.8 Å². The van der Waals surface area contributed by atoms with Crippen LogP contribution in [0.2, 0.25) is 0 Å². The summed E-state index contributed by atoms with van der Waals surface area (Å²) in [4.78, 5) is 12.1. The molecule has 0 radical (unpaired) electrons. The first-order valence-electron chi connectivity index (χ1n) is 7.61. The molecule has 2 amide bonds. The first kappa shape index (κ1) is 14.4. The van der Waals surface area contributed by atoms with Crippen LogP contribution < -0.4 is 10.6 Å². The van der Waals surface area contributed by atoms with Crippen molar-refractivity contribution in [3.05, 3.63) is 77.2 Å². The molecule has 4 rings (SSSR count). The second kappa shape index (κ2) is 5.49. The molecule has 0 bridgehead atoms. The van der Waals surface area contributed by atoms with Gasteiger partial charge in [-0.25, -0.2) is 13.9 Å². The molecule has 0 spiro atoms. The van der Waals surface area contributed by atoms with E-state index in [4.69, 9.17) is 0 Å². The lowest BCUT2D eigenvalue weighted by atomic mass is 9.97. The Morgan fingerprint density at radius 2 is 1.79 bits per heavy atom. The molecule has 1 aromatic heterocycles. The third-order valence-electron chi connectivity index (χ3n) is 4.11. The molecule has 3 aromatic rings. The van der Waals surface area contributed by atoms with Gasteiger partial charge in [-0.2, -0.15) is 5.10 Å². The van der Waals surface area contributed by atoms with Crippen LogP contribution in [-0.2, 0) is 0 Å². The summed E-state index contributed by atoms with van der Waals surface area (Å²) in [5.74, 6) is 0.327. The van der Waals surface area contributed by atoms with Crippen molar-refractivity contribution < 1.29 is 9.18 Å². The van der Waals surface area contributed by atoms with Gasteiger partial charge < -0.3 is 5.32 Å². The monoisotopic (exact) mass is 322 g/mol. The summed E-state index contributed by atoms with van der Waals surface area (Å²) in [5.41, 5.74) is 3.35. The normalized spacial score (nSPS) is 16.2. The van der Waals surface area contributed by atoms with Crippen LogP contribution in [0.5, 0.6) is 0 Å². The molecule has 24 heavy (non-hydrogen) atoms. The fraction of sp³-hybridized carbons (Fsp3) is 0.111. The molecule has 5 nitrogen and oxygen atoms in total. The highest BCUT2D eigenvalue weighted by atomic mass is 19.1. The van der Waals surface area contributed by atoms with Crippen LogP contribution in [0.3, 0.4) is 0 Å². The van der Waals surface area contributed by atoms with Crippen molar-refractivity contribution in [2.45, 2.75) is 13.0 Å². The molecule has 2 aromatic carbocycles. The Balaban J connectivity index is 1.87. The lowest BCUT2D eigenvalue weighted by Gasteiger charge is -2.26. The van der Waals surface area contributed by atoms with Crippen LogP contribution in [0.15, 0.2) is 54.6 Å². The molecule has 0 aliphatic carbocycles. The van der Waals surface area contributed by atoms with Crippen molar-refractivity contribution >= 4 is 11.8 Å². The number of amides is 2. The van der Waals surface area contributed by atoms with Gasteiger partial charge in [0.1, 0.15) is 11.6 Å². The number of anilines is 1. The van der Waals surface area contributed by atoms with Gasteiger partial charge in [0.15, 0.2) is 0 Å². The van der Waals surface area contributed by atoms with Crippen molar-refractivity contribution in [1.29, 1.82) is 0 Å². The van der Waals surface area contributed by atoms with Crippen LogP contribution in [0, 0.1) is 12.7 Å². The van der Waals surface area contributed by atoms with Gasteiger partial charge in [0, 0.05) is 5.56 Å². The molecular formula is C18H15FN4O. The molecule has 2 heterocycles. The van der Waals surface area contributed by atoms with Crippen molar-refractivity contribution in [3.8, 4) is 5.69 Å². The number of para-hydroxylation sites is 1. The van der Waals surface area contributed by atoms with E-state index in [2.05, 4.69) is 15.7 Å². The molecule has 1 aliphatic heterocycles. The Morgan fingerprint density at radius 1 is 1.08 bits per heavy atom. The number of carbonyl (C=O) groups excluding carboxylic acids is 1. The van der Waals surface area contributed by atoms with Crippen LogP contribution in [0.4, 0.5) is 15.0 Å². The number of hydrogen-bond acceptors (Lipinski definition) is 2. The third-order valence-corrected chi connectivity index (χ3v) is 4.11. The Hall–Kier alpha value is -3.15. The Labute approximate surface area is 138 Å². The van der Waals surface area contributed by atoms with E-state index in [0.717, 1.165) is 22.5 Å². The average molecular weight is 322 g/mol. The maximum Gasteiger partial charge on any atom is 0.321 e. The summed E-state index contributed by atoms with van der Waals surface area (Å²) in [6.07, 6.45) is 0. The maximum atomic E-state index is 13.2. The number of nitrogens with one attached hydrogen (secondary N) is 2. The Kier molecular flexibility index (Phi) is 3.30. The summed E-state index contributed by atoms with van der Waals surface area (Å²) >= 11 is 0. The predicted octanol–water partition coefficient (Wildman–Crippen LogP) is 3.54. The molecule has 1 aliphatic rings. The second-order valence-corrected chi connectivity index (χ2v) is 5.68. The van der Waals surface area contributed by atoms with Gasteiger partial charge in [0.25, 0.3) is 0 Å². The van der Waals surface area contributed by atoms with Crippen molar-refractivity contribution in [1.82, 2.24) is 15.1 Å². The van der Waals surface area contributed by atoms with Gasteiger partial charge in [-0.05, 0) is 36.8 Å². The highest BCUT2D eigenvalue weighted by Crippen LogP contribution is 2.35. The smallest absolute Gasteiger partial charge is 0.321 e. The van der Waals surface area contributed by atoms with Crippen molar-refractivity contribution in [2.75, 3.05) is 5.32 Å². The van der Waals surface area contributed by atoms with E-state index < -0.39 is 0 Å². The summed E-state index contributed by atoms with van der Waals surface area (Å²) in [6.45, 7) is 1.90. The van der Waals surface area contributed by atoms with E-state index in [1.165, 1.54) is 12.1 Å². The zero-order valence-electron chi connectivity index (χ0n) is 13.0. The minimum absolute atomic E-state index is 0.309. The van der Waals surface area contributed by atoms with Crippen LogP contribution >= 0.6 is 0 Å². The fourth-order valence-corrected chi connectivity index (χ4v) is 3.01. The van der Waals surface area contributed by atoms with E-state index in [1.54, 1.807) is 16.8 Å². The highest BCUT2D eigenvalue weighted by Gasteiger charge is 2.31. The molecule has 6 heteroatoms. The third kappa shape index (κ3) is 2.32. The second-order valence-electron chi connectivity index (χ2n) is 5.68. The van der Waals surface area contributed by atoms with E-state index in [-0.39, 0.29) is 17.9 Å².